The van der Waals surface area contributed by atoms with Crippen LogP contribution in [0.2, 0.25) is 18.6 Å². The summed E-state index contributed by atoms with van der Waals surface area (Å²) in [6.45, 7) is 7.00. The van der Waals surface area contributed by atoms with E-state index in [0.717, 1.165) is 0 Å². The summed E-state index contributed by atoms with van der Waals surface area (Å²) in [5.74, 6) is 0.272. The average molecular weight is 336 g/mol. The number of rotatable bonds is 5. The summed E-state index contributed by atoms with van der Waals surface area (Å²) in [5, 5.41) is 4.48. The summed E-state index contributed by atoms with van der Waals surface area (Å²) < 4.78 is 0. The first-order valence-corrected chi connectivity index (χ1v) is 11.7. The average Bonchev–Trinajstić information content (AvgIpc) is 2.60. The third-order valence-electron chi connectivity index (χ3n) is 5.49. The molecule has 3 rings (SSSR count). The van der Waals surface area contributed by atoms with Crippen molar-refractivity contribution in [1.82, 2.24) is 5.32 Å². The standard InChI is InChI=1S/C21H25NOSi/c1-16(24(2,3)18-12-8-5-9-13-18)20-19(22-21(20)23)15-14-17-10-6-4-7-11-17/h4-16,19-20H,1-3H3,(H,22,23)/b15-14+/t16-,19-,20+/m0/s1. The van der Waals surface area contributed by atoms with Gasteiger partial charge in [-0.05, 0) is 11.1 Å². The number of amides is 1. The fourth-order valence-electron chi connectivity index (χ4n) is 3.48. The minimum atomic E-state index is -1.70. The lowest BCUT2D eigenvalue weighted by molar-refractivity contribution is -0.133. The number of carbonyl (C=O) groups is 1. The Kier molecular flexibility index (Phi) is 4.72. The zero-order valence-electron chi connectivity index (χ0n) is 14.6. The Balaban J connectivity index is 1.77. The maximum absolute atomic E-state index is 12.2. The van der Waals surface area contributed by atoms with E-state index in [1.165, 1.54) is 10.8 Å². The Labute approximate surface area is 145 Å². The van der Waals surface area contributed by atoms with Crippen molar-refractivity contribution < 1.29 is 4.79 Å². The smallest absolute Gasteiger partial charge is 0.225 e. The van der Waals surface area contributed by atoms with Crippen molar-refractivity contribution in [3.8, 4) is 0 Å². The molecule has 2 aromatic rings. The molecule has 24 heavy (non-hydrogen) atoms. The van der Waals surface area contributed by atoms with Crippen LogP contribution < -0.4 is 10.5 Å². The highest BCUT2D eigenvalue weighted by Crippen LogP contribution is 2.36. The van der Waals surface area contributed by atoms with E-state index < -0.39 is 8.07 Å². The summed E-state index contributed by atoms with van der Waals surface area (Å²) in [6.07, 6.45) is 4.26. The zero-order valence-corrected chi connectivity index (χ0v) is 15.6. The van der Waals surface area contributed by atoms with Gasteiger partial charge in [0.15, 0.2) is 0 Å². The molecule has 1 fully saturated rings. The van der Waals surface area contributed by atoms with Gasteiger partial charge < -0.3 is 5.32 Å². The lowest BCUT2D eigenvalue weighted by Crippen LogP contribution is -2.63. The van der Waals surface area contributed by atoms with Gasteiger partial charge in [-0.2, -0.15) is 0 Å². The maximum Gasteiger partial charge on any atom is 0.225 e. The fourth-order valence-corrected chi connectivity index (χ4v) is 6.32. The molecule has 0 aromatic heterocycles. The third kappa shape index (κ3) is 3.22. The van der Waals surface area contributed by atoms with Crippen LogP contribution in [0, 0.1) is 5.92 Å². The Morgan fingerprint density at radius 1 is 1.00 bits per heavy atom. The molecule has 3 heteroatoms. The van der Waals surface area contributed by atoms with Crippen LogP contribution in [-0.4, -0.2) is 20.0 Å². The van der Waals surface area contributed by atoms with Crippen molar-refractivity contribution in [2.75, 3.05) is 0 Å². The number of hydrogen-bond donors (Lipinski definition) is 1. The van der Waals surface area contributed by atoms with E-state index in [1.807, 2.05) is 18.2 Å². The third-order valence-corrected chi connectivity index (χ3v) is 9.95. The van der Waals surface area contributed by atoms with Crippen LogP contribution in [0.1, 0.15) is 12.5 Å². The van der Waals surface area contributed by atoms with Crippen LogP contribution >= 0.6 is 0 Å². The van der Waals surface area contributed by atoms with Gasteiger partial charge in [0, 0.05) is 0 Å². The van der Waals surface area contributed by atoms with Crippen LogP contribution in [0.4, 0.5) is 0 Å². The number of hydrogen-bond acceptors (Lipinski definition) is 1. The molecule has 1 aliphatic heterocycles. The molecule has 3 atom stereocenters. The molecular formula is C21H25NOSi. The van der Waals surface area contributed by atoms with Crippen LogP contribution in [0.3, 0.4) is 0 Å². The molecule has 0 unspecified atom stereocenters. The van der Waals surface area contributed by atoms with Crippen molar-refractivity contribution in [2.24, 2.45) is 5.92 Å². The second-order valence-electron chi connectivity index (χ2n) is 7.21. The first-order chi connectivity index (χ1) is 11.5. The molecule has 0 saturated carbocycles. The quantitative estimate of drug-likeness (QED) is 0.653. The topological polar surface area (TPSA) is 29.1 Å². The van der Waals surface area contributed by atoms with Crippen molar-refractivity contribution >= 4 is 25.2 Å². The molecule has 2 nitrogen and oxygen atoms in total. The van der Waals surface area contributed by atoms with Crippen LogP contribution in [-0.2, 0) is 4.79 Å². The van der Waals surface area contributed by atoms with Gasteiger partial charge >= 0.3 is 0 Å². The summed E-state index contributed by atoms with van der Waals surface area (Å²) in [7, 11) is -1.70. The number of carbonyl (C=O) groups excluding carboxylic acids is 1. The number of nitrogens with one attached hydrogen (secondary N) is 1. The molecule has 2 aromatic carbocycles. The number of β-lactam (4-membered cyclic amide) rings is 1. The van der Waals surface area contributed by atoms with E-state index >= 15 is 0 Å². The molecule has 0 radical (unpaired) electrons. The van der Waals surface area contributed by atoms with Crippen molar-refractivity contribution in [1.29, 1.82) is 0 Å². The highest BCUT2D eigenvalue weighted by Gasteiger charge is 2.47. The monoisotopic (exact) mass is 335 g/mol. The highest BCUT2D eigenvalue weighted by molar-refractivity contribution is 6.91. The second-order valence-corrected chi connectivity index (χ2v) is 12.1. The van der Waals surface area contributed by atoms with E-state index in [0.29, 0.717) is 5.54 Å². The van der Waals surface area contributed by atoms with E-state index in [2.05, 4.69) is 80.0 Å². The molecule has 1 N–H and O–H groups in total. The van der Waals surface area contributed by atoms with Gasteiger partial charge in [0.2, 0.25) is 5.91 Å². The van der Waals surface area contributed by atoms with Crippen LogP contribution in [0.25, 0.3) is 6.08 Å². The predicted octanol–water partition coefficient (Wildman–Crippen LogP) is 3.82. The molecule has 1 aliphatic rings. The highest BCUT2D eigenvalue weighted by atomic mass is 28.3. The second kappa shape index (κ2) is 6.77. The molecule has 0 spiro atoms. The SMILES string of the molecule is C[C@@H]([C@H]1C(=O)N[C@H]1/C=C/c1ccccc1)[Si](C)(C)c1ccccc1. The van der Waals surface area contributed by atoms with Gasteiger partial charge in [-0.25, -0.2) is 0 Å². The Bertz CT molecular complexity index is 724. The molecule has 0 aliphatic carbocycles. The lowest BCUT2D eigenvalue weighted by Gasteiger charge is -2.44. The first-order valence-electron chi connectivity index (χ1n) is 8.59. The van der Waals surface area contributed by atoms with E-state index in [1.54, 1.807) is 0 Å². The Morgan fingerprint density at radius 3 is 2.17 bits per heavy atom. The molecule has 1 heterocycles. The van der Waals surface area contributed by atoms with Crippen molar-refractivity contribution in [3.63, 3.8) is 0 Å². The first kappa shape index (κ1) is 16.7. The summed E-state index contributed by atoms with van der Waals surface area (Å²) in [6, 6.07) is 21.1. The van der Waals surface area contributed by atoms with Gasteiger partial charge in [0.1, 0.15) is 0 Å². The predicted molar refractivity (Wildman–Crippen MR) is 104 cm³/mol. The Morgan fingerprint density at radius 2 is 1.58 bits per heavy atom. The van der Waals surface area contributed by atoms with Crippen LogP contribution in [0.15, 0.2) is 66.7 Å². The van der Waals surface area contributed by atoms with Gasteiger partial charge in [-0.3, -0.25) is 4.79 Å². The lowest BCUT2D eigenvalue weighted by atomic mass is 9.87. The van der Waals surface area contributed by atoms with Gasteiger partial charge in [-0.1, -0.05) is 98.0 Å². The van der Waals surface area contributed by atoms with Crippen LogP contribution in [0.5, 0.6) is 0 Å². The fraction of sp³-hybridized carbons (Fsp3) is 0.286. The van der Waals surface area contributed by atoms with Gasteiger partial charge in [0.05, 0.1) is 20.0 Å². The molecular weight excluding hydrogens is 310 g/mol. The molecule has 124 valence electrons. The minimum Gasteiger partial charge on any atom is -0.349 e. The summed E-state index contributed by atoms with van der Waals surface area (Å²) in [4.78, 5) is 12.2. The van der Waals surface area contributed by atoms with Crippen molar-refractivity contribution in [3.05, 3.63) is 72.3 Å². The van der Waals surface area contributed by atoms with Gasteiger partial charge in [-0.15, -0.1) is 0 Å². The summed E-state index contributed by atoms with van der Waals surface area (Å²) in [5.41, 5.74) is 1.56. The largest absolute Gasteiger partial charge is 0.349 e. The normalized spacial score (nSPS) is 22.0. The van der Waals surface area contributed by atoms with Crippen molar-refractivity contribution in [2.45, 2.75) is 31.6 Å². The summed E-state index contributed by atoms with van der Waals surface area (Å²) >= 11 is 0. The number of benzene rings is 2. The molecule has 1 amide bonds. The van der Waals surface area contributed by atoms with E-state index in [-0.39, 0.29) is 17.9 Å². The zero-order chi connectivity index (χ0) is 17.2. The minimum absolute atomic E-state index is 0.0758. The van der Waals surface area contributed by atoms with Gasteiger partial charge in [0.25, 0.3) is 0 Å². The van der Waals surface area contributed by atoms with E-state index in [4.69, 9.17) is 0 Å². The maximum atomic E-state index is 12.2. The Hall–Kier alpha value is -2.13. The molecule has 1 saturated heterocycles. The van der Waals surface area contributed by atoms with E-state index in [9.17, 15) is 4.79 Å². The molecule has 0 bridgehead atoms.